The van der Waals surface area contributed by atoms with Gasteiger partial charge in [0, 0.05) is 15.8 Å². The molecule has 0 spiro atoms. The van der Waals surface area contributed by atoms with Crippen LogP contribution in [0, 0.1) is 6.92 Å². The van der Waals surface area contributed by atoms with E-state index in [0.29, 0.717) is 11.8 Å². The third-order valence-electron chi connectivity index (χ3n) is 5.19. The van der Waals surface area contributed by atoms with E-state index in [-0.39, 0.29) is 11.5 Å². The molecule has 1 amide bonds. The lowest BCUT2D eigenvalue weighted by Gasteiger charge is -2.18. The van der Waals surface area contributed by atoms with E-state index in [4.69, 9.17) is 0 Å². The van der Waals surface area contributed by atoms with Gasteiger partial charge in [-0.15, -0.1) is 11.3 Å². The fraction of sp³-hybridized carbons (Fsp3) is 0.261. The maximum Gasteiger partial charge on any atom is 0.276 e. The number of aromatic nitrogens is 2. The first-order chi connectivity index (χ1) is 14.0. The van der Waals surface area contributed by atoms with Gasteiger partial charge in [-0.2, -0.15) is 5.10 Å². The number of anilines is 1. The minimum atomic E-state index is -0.672. The molecule has 0 saturated heterocycles. The molecular formula is C23H23N3O2S. The van der Waals surface area contributed by atoms with Crippen molar-refractivity contribution in [1.29, 1.82) is 0 Å². The summed E-state index contributed by atoms with van der Waals surface area (Å²) in [5.41, 5.74) is 2.43. The Hall–Kier alpha value is -2.99. The number of nitrogens with one attached hydrogen (secondary N) is 1. The summed E-state index contributed by atoms with van der Waals surface area (Å²) in [7, 11) is 0. The Kier molecular flexibility index (Phi) is 5.20. The van der Waals surface area contributed by atoms with Gasteiger partial charge in [0.25, 0.3) is 5.56 Å². The molecule has 29 heavy (non-hydrogen) atoms. The normalized spacial score (nSPS) is 12.4. The van der Waals surface area contributed by atoms with E-state index in [1.807, 2.05) is 62.4 Å². The van der Waals surface area contributed by atoms with Gasteiger partial charge < -0.3 is 5.32 Å². The number of carbonyl (C=O) groups excluding carboxylic acids is 1. The molecule has 0 aliphatic heterocycles. The van der Waals surface area contributed by atoms with Crippen LogP contribution < -0.4 is 10.9 Å². The molecule has 0 fully saturated rings. The molecule has 0 aliphatic carbocycles. The first kappa shape index (κ1) is 19.3. The second kappa shape index (κ2) is 7.79. The number of hydrogen-bond acceptors (Lipinski definition) is 4. The first-order valence-electron chi connectivity index (χ1n) is 9.84. The van der Waals surface area contributed by atoms with Crippen LogP contribution in [0.4, 0.5) is 5.69 Å². The molecule has 2 heterocycles. The van der Waals surface area contributed by atoms with E-state index in [2.05, 4.69) is 17.3 Å². The van der Waals surface area contributed by atoms with E-state index in [1.54, 1.807) is 11.3 Å². The van der Waals surface area contributed by atoms with Crippen molar-refractivity contribution in [2.24, 2.45) is 0 Å². The summed E-state index contributed by atoms with van der Waals surface area (Å²) in [6, 6.07) is 15.0. The number of benzene rings is 2. The van der Waals surface area contributed by atoms with Gasteiger partial charge in [0.2, 0.25) is 5.91 Å². The largest absolute Gasteiger partial charge is 0.324 e. The van der Waals surface area contributed by atoms with Crippen LogP contribution in [-0.2, 0) is 11.2 Å². The lowest BCUT2D eigenvalue weighted by molar-refractivity contribution is -0.119. The molecule has 4 rings (SSSR count). The molecule has 0 aliphatic rings. The number of carbonyl (C=O) groups is 1. The van der Waals surface area contributed by atoms with Crippen molar-refractivity contribution < 1.29 is 4.79 Å². The predicted octanol–water partition coefficient (Wildman–Crippen LogP) is 5.07. The molecule has 5 nitrogen and oxygen atoms in total. The lowest BCUT2D eigenvalue weighted by Crippen LogP contribution is -2.35. The first-order valence-corrected chi connectivity index (χ1v) is 10.7. The second-order valence-electron chi connectivity index (χ2n) is 7.10. The molecule has 0 radical (unpaired) electrons. The predicted molar refractivity (Wildman–Crippen MR) is 120 cm³/mol. The summed E-state index contributed by atoms with van der Waals surface area (Å²) in [5, 5.41) is 9.04. The van der Waals surface area contributed by atoms with E-state index in [1.165, 1.54) is 4.68 Å². The molecule has 148 valence electrons. The molecule has 0 bridgehead atoms. The molecule has 0 saturated carbocycles. The summed E-state index contributed by atoms with van der Waals surface area (Å²) in [4.78, 5) is 26.4. The van der Waals surface area contributed by atoms with Gasteiger partial charge >= 0.3 is 0 Å². The fourth-order valence-electron chi connectivity index (χ4n) is 3.65. The minimum Gasteiger partial charge on any atom is -0.324 e. The molecule has 2 aromatic carbocycles. The van der Waals surface area contributed by atoms with Crippen LogP contribution in [0.15, 0.2) is 53.3 Å². The molecule has 2 aromatic heterocycles. The quantitative estimate of drug-likeness (QED) is 0.504. The zero-order valence-corrected chi connectivity index (χ0v) is 17.5. The van der Waals surface area contributed by atoms with Crippen molar-refractivity contribution in [2.75, 3.05) is 5.32 Å². The number of nitrogens with zero attached hydrogens (tertiary/aromatic N) is 2. The average molecular weight is 406 g/mol. The third kappa shape index (κ3) is 3.44. The van der Waals surface area contributed by atoms with E-state index in [0.717, 1.165) is 38.2 Å². The molecule has 1 N–H and O–H groups in total. The number of thiophene rings is 1. The Bertz CT molecular complexity index is 1270. The highest BCUT2D eigenvalue weighted by Crippen LogP contribution is 2.33. The number of rotatable bonds is 5. The second-order valence-corrected chi connectivity index (χ2v) is 8.16. The summed E-state index contributed by atoms with van der Waals surface area (Å²) in [6.45, 7) is 5.86. The van der Waals surface area contributed by atoms with Gasteiger partial charge in [-0.3, -0.25) is 9.59 Å². The van der Waals surface area contributed by atoms with Crippen molar-refractivity contribution >= 4 is 43.1 Å². The third-order valence-corrected chi connectivity index (χ3v) is 6.47. The van der Waals surface area contributed by atoms with E-state index in [9.17, 15) is 9.59 Å². The van der Waals surface area contributed by atoms with Crippen LogP contribution in [0.1, 0.15) is 37.6 Å². The van der Waals surface area contributed by atoms with Gasteiger partial charge in [-0.05, 0) is 43.5 Å². The maximum atomic E-state index is 13.3. The Morgan fingerprint density at radius 2 is 1.97 bits per heavy atom. The Morgan fingerprint density at radius 1 is 1.17 bits per heavy atom. The molecular weight excluding hydrogens is 382 g/mol. The Morgan fingerprint density at radius 3 is 2.72 bits per heavy atom. The zero-order valence-electron chi connectivity index (χ0n) is 16.7. The van der Waals surface area contributed by atoms with E-state index < -0.39 is 6.04 Å². The molecule has 4 aromatic rings. The number of amides is 1. The molecule has 0 unspecified atom stereocenters. The van der Waals surface area contributed by atoms with Crippen LogP contribution >= 0.6 is 11.3 Å². The Labute approximate surface area is 173 Å². The molecule has 1 atom stereocenters. The lowest BCUT2D eigenvalue weighted by atomic mass is 10.1. The number of fused-ring (bicyclic) bond motifs is 3. The standard InChI is InChI=1S/C23H23N3O2S/c1-4-15-9-8-10-16(13-15)24-22(27)18(5-2)26-23(28)20-17-11-6-7-12-19(17)29-21(20)14(3)25-26/h6-13,18H,4-5H2,1-3H3,(H,24,27)/t18-/m0/s1. The number of hydrogen-bond donors (Lipinski definition) is 1. The van der Waals surface area contributed by atoms with Gasteiger partial charge in [-0.25, -0.2) is 4.68 Å². The van der Waals surface area contributed by atoms with Gasteiger partial charge in [0.15, 0.2) is 0 Å². The van der Waals surface area contributed by atoms with Crippen molar-refractivity contribution in [1.82, 2.24) is 9.78 Å². The fourth-order valence-corrected chi connectivity index (χ4v) is 4.79. The summed E-state index contributed by atoms with van der Waals surface area (Å²) < 4.78 is 3.30. The Balaban J connectivity index is 1.79. The summed E-state index contributed by atoms with van der Waals surface area (Å²) in [6.07, 6.45) is 1.36. The number of aryl methyl sites for hydroxylation is 2. The smallest absolute Gasteiger partial charge is 0.276 e. The van der Waals surface area contributed by atoms with Crippen LogP contribution in [0.2, 0.25) is 0 Å². The highest BCUT2D eigenvalue weighted by Gasteiger charge is 2.24. The van der Waals surface area contributed by atoms with Crippen molar-refractivity contribution in [3.8, 4) is 0 Å². The minimum absolute atomic E-state index is 0.215. The van der Waals surface area contributed by atoms with Crippen LogP contribution in [0.25, 0.3) is 20.2 Å². The van der Waals surface area contributed by atoms with Gasteiger partial charge in [0.05, 0.1) is 15.8 Å². The highest BCUT2D eigenvalue weighted by atomic mass is 32.1. The van der Waals surface area contributed by atoms with E-state index >= 15 is 0 Å². The summed E-state index contributed by atoms with van der Waals surface area (Å²) in [5.74, 6) is -0.228. The SMILES string of the molecule is CCc1cccc(NC(=O)[C@H](CC)n2nc(C)c3sc4ccccc4c3c2=O)c1. The van der Waals surface area contributed by atoms with Gasteiger partial charge in [-0.1, -0.05) is 44.2 Å². The molecule has 6 heteroatoms. The average Bonchev–Trinajstić information content (AvgIpc) is 3.13. The zero-order chi connectivity index (χ0) is 20.5. The highest BCUT2D eigenvalue weighted by molar-refractivity contribution is 7.26. The van der Waals surface area contributed by atoms with Crippen LogP contribution in [-0.4, -0.2) is 15.7 Å². The van der Waals surface area contributed by atoms with Gasteiger partial charge in [0.1, 0.15) is 6.04 Å². The summed E-state index contributed by atoms with van der Waals surface area (Å²) >= 11 is 1.57. The maximum absolute atomic E-state index is 13.3. The monoisotopic (exact) mass is 405 g/mol. The topological polar surface area (TPSA) is 64.0 Å². The van der Waals surface area contributed by atoms with Crippen molar-refractivity contribution in [3.05, 3.63) is 70.1 Å². The van der Waals surface area contributed by atoms with Crippen molar-refractivity contribution in [3.63, 3.8) is 0 Å². The van der Waals surface area contributed by atoms with Crippen LogP contribution in [0.5, 0.6) is 0 Å². The van der Waals surface area contributed by atoms with Crippen LogP contribution in [0.3, 0.4) is 0 Å². The van der Waals surface area contributed by atoms with Crippen molar-refractivity contribution in [2.45, 2.75) is 39.7 Å².